The molecule has 5 heteroatoms. The Hall–Kier alpha value is -3.44. The van der Waals surface area contributed by atoms with Crippen molar-refractivity contribution in [1.82, 2.24) is 5.01 Å². The predicted octanol–water partition coefficient (Wildman–Crippen LogP) is 2.78. The molecule has 1 fully saturated rings. The molecule has 0 saturated carbocycles. The lowest BCUT2D eigenvalue weighted by Gasteiger charge is -2.34. The number of methoxy groups -OCH3 is 1. The van der Waals surface area contributed by atoms with Crippen LogP contribution in [0.3, 0.4) is 0 Å². The van der Waals surface area contributed by atoms with E-state index >= 15 is 0 Å². The zero-order valence-corrected chi connectivity index (χ0v) is 17.6. The average molecular weight is 413 g/mol. The Morgan fingerprint density at radius 3 is 2.10 bits per heavy atom. The number of carbonyl (C=O) groups is 1. The molecule has 1 aliphatic heterocycles. The number of rotatable bonds is 4. The maximum absolute atomic E-state index is 11.6. The summed E-state index contributed by atoms with van der Waals surface area (Å²) in [5, 5.41) is 6.82. The smallest absolute Gasteiger partial charge is 0.337 e. The van der Waals surface area contributed by atoms with Crippen molar-refractivity contribution in [3.8, 4) is 11.1 Å². The van der Waals surface area contributed by atoms with Crippen molar-refractivity contribution < 1.29 is 14.4 Å². The van der Waals surface area contributed by atoms with Gasteiger partial charge in [0.25, 0.3) is 0 Å². The van der Waals surface area contributed by atoms with Crippen molar-refractivity contribution in [3.63, 3.8) is 0 Å². The topological polar surface area (TPSA) is 46.3 Å². The van der Waals surface area contributed by atoms with Gasteiger partial charge in [-0.25, -0.2) is 4.79 Å². The normalized spacial score (nSPS) is 16.4. The molecule has 1 heterocycles. The molecule has 1 N–H and O–H groups in total. The summed E-state index contributed by atoms with van der Waals surface area (Å²) in [7, 11) is 1.39. The first-order chi connectivity index (χ1) is 15.2. The number of esters is 1. The summed E-state index contributed by atoms with van der Waals surface area (Å²) in [6.07, 6.45) is 1.87. The predicted molar refractivity (Wildman–Crippen MR) is 121 cm³/mol. The summed E-state index contributed by atoms with van der Waals surface area (Å²) < 4.78 is 4.74. The van der Waals surface area contributed by atoms with E-state index in [2.05, 4.69) is 58.6 Å². The highest BCUT2D eigenvalue weighted by Crippen LogP contribution is 2.41. The lowest BCUT2D eigenvalue weighted by molar-refractivity contribution is -0.929. The van der Waals surface area contributed by atoms with Crippen LogP contribution in [0.4, 0.5) is 0 Å². The second-order valence-electron chi connectivity index (χ2n) is 8.08. The molecule has 3 aromatic rings. The number of piperazine rings is 1. The third kappa shape index (κ3) is 3.73. The zero-order valence-electron chi connectivity index (χ0n) is 17.6. The fraction of sp³-hybridized carbons (Fsp3) is 0.231. The van der Waals surface area contributed by atoms with Gasteiger partial charge in [0.05, 0.1) is 45.1 Å². The molecule has 0 bridgehead atoms. The second kappa shape index (κ2) is 8.36. The van der Waals surface area contributed by atoms with Gasteiger partial charge in [-0.2, -0.15) is 5.10 Å². The first-order valence-electron chi connectivity index (χ1n) is 10.7. The maximum atomic E-state index is 11.6. The molecule has 0 spiro atoms. The van der Waals surface area contributed by atoms with E-state index in [1.54, 1.807) is 17.0 Å². The molecule has 31 heavy (non-hydrogen) atoms. The van der Waals surface area contributed by atoms with Gasteiger partial charge in [-0.1, -0.05) is 60.7 Å². The van der Waals surface area contributed by atoms with Crippen LogP contribution in [0.2, 0.25) is 0 Å². The van der Waals surface area contributed by atoms with Crippen molar-refractivity contribution in [3.05, 3.63) is 95.1 Å². The van der Waals surface area contributed by atoms with Crippen molar-refractivity contribution in [2.24, 2.45) is 5.10 Å². The van der Waals surface area contributed by atoms with Crippen molar-refractivity contribution >= 4 is 12.2 Å². The Morgan fingerprint density at radius 2 is 1.52 bits per heavy atom. The van der Waals surface area contributed by atoms with Crippen LogP contribution in [0.15, 0.2) is 77.9 Å². The van der Waals surface area contributed by atoms with E-state index in [4.69, 9.17) is 4.74 Å². The minimum Gasteiger partial charge on any atom is -0.465 e. The molecule has 0 aromatic heterocycles. The summed E-state index contributed by atoms with van der Waals surface area (Å²) in [6.45, 7) is 3.94. The van der Waals surface area contributed by atoms with Gasteiger partial charge in [0.2, 0.25) is 0 Å². The molecule has 1 saturated heterocycles. The summed E-state index contributed by atoms with van der Waals surface area (Å²) in [4.78, 5) is 13.2. The highest BCUT2D eigenvalue weighted by Gasteiger charge is 2.37. The number of fused-ring (bicyclic) bond motifs is 3. The lowest BCUT2D eigenvalue weighted by Crippen LogP contribution is -3.14. The van der Waals surface area contributed by atoms with Crippen LogP contribution in [0.5, 0.6) is 0 Å². The van der Waals surface area contributed by atoms with Gasteiger partial charge in [0, 0.05) is 11.1 Å². The average Bonchev–Trinajstić information content (AvgIpc) is 3.17. The van der Waals surface area contributed by atoms with E-state index in [-0.39, 0.29) is 5.97 Å². The largest absolute Gasteiger partial charge is 0.465 e. The summed E-state index contributed by atoms with van der Waals surface area (Å²) in [5.74, 6) is -0.322. The number of hydrogen-bond acceptors (Lipinski definition) is 4. The van der Waals surface area contributed by atoms with Gasteiger partial charge in [0.1, 0.15) is 6.04 Å². The second-order valence-corrected chi connectivity index (χ2v) is 8.08. The van der Waals surface area contributed by atoms with E-state index in [1.807, 2.05) is 18.3 Å². The van der Waals surface area contributed by atoms with Crippen LogP contribution in [0, 0.1) is 0 Å². The Bertz CT molecular complexity index is 1070. The molecule has 0 unspecified atom stereocenters. The Kier molecular flexibility index (Phi) is 5.26. The molecule has 1 aliphatic carbocycles. The Labute approximate surface area is 182 Å². The molecule has 0 amide bonds. The number of nitrogens with one attached hydrogen (secondary N) is 1. The first kappa shape index (κ1) is 19.5. The SMILES string of the molecule is COC(=O)c1ccc(C=NN2CC[NH+](C3c4ccccc4-c4ccccc43)CC2)cc1. The minimum absolute atomic E-state index is 0.322. The quantitative estimate of drug-likeness (QED) is 0.530. The number of ether oxygens (including phenoxy) is 1. The number of carbonyl (C=O) groups excluding carboxylic acids is 1. The Balaban J connectivity index is 1.26. The van der Waals surface area contributed by atoms with Gasteiger partial charge in [-0.05, 0) is 28.8 Å². The van der Waals surface area contributed by atoms with Gasteiger partial charge in [-0.3, -0.25) is 5.01 Å². The lowest BCUT2D eigenvalue weighted by atomic mass is 10.0. The molecule has 5 nitrogen and oxygen atoms in total. The van der Waals surface area contributed by atoms with Gasteiger partial charge in [-0.15, -0.1) is 0 Å². The fourth-order valence-electron chi connectivity index (χ4n) is 4.75. The number of nitrogens with zero attached hydrogens (tertiary/aromatic N) is 2. The van der Waals surface area contributed by atoms with Crippen molar-refractivity contribution in [1.29, 1.82) is 0 Å². The van der Waals surface area contributed by atoms with E-state index in [0.29, 0.717) is 11.6 Å². The fourth-order valence-corrected chi connectivity index (χ4v) is 4.75. The van der Waals surface area contributed by atoms with E-state index in [9.17, 15) is 4.79 Å². The van der Waals surface area contributed by atoms with Crippen molar-refractivity contribution in [2.75, 3.05) is 33.3 Å². The van der Waals surface area contributed by atoms with Crippen LogP contribution in [0.25, 0.3) is 11.1 Å². The molecule has 0 radical (unpaired) electrons. The number of quaternary nitrogens is 1. The molecule has 5 rings (SSSR count). The molecule has 156 valence electrons. The molecule has 2 aliphatic rings. The van der Waals surface area contributed by atoms with Gasteiger partial charge >= 0.3 is 5.97 Å². The van der Waals surface area contributed by atoms with Gasteiger partial charge < -0.3 is 9.64 Å². The highest BCUT2D eigenvalue weighted by atomic mass is 16.5. The monoisotopic (exact) mass is 412 g/mol. The van der Waals surface area contributed by atoms with Crippen LogP contribution in [-0.2, 0) is 4.74 Å². The highest BCUT2D eigenvalue weighted by molar-refractivity contribution is 5.90. The number of hydrazone groups is 1. The Morgan fingerprint density at radius 1 is 0.935 bits per heavy atom. The molecular formula is C26H26N3O2+. The van der Waals surface area contributed by atoms with E-state index < -0.39 is 0 Å². The first-order valence-corrected chi connectivity index (χ1v) is 10.7. The van der Waals surface area contributed by atoms with E-state index in [1.165, 1.54) is 29.4 Å². The maximum Gasteiger partial charge on any atom is 0.337 e. The van der Waals surface area contributed by atoms with Crippen LogP contribution < -0.4 is 4.90 Å². The summed E-state index contributed by atoms with van der Waals surface area (Å²) in [5.41, 5.74) is 7.18. The van der Waals surface area contributed by atoms with Crippen LogP contribution in [0.1, 0.15) is 33.1 Å². The van der Waals surface area contributed by atoms with Crippen molar-refractivity contribution in [2.45, 2.75) is 6.04 Å². The molecular weight excluding hydrogens is 386 g/mol. The van der Waals surface area contributed by atoms with Crippen LogP contribution >= 0.6 is 0 Å². The van der Waals surface area contributed by atoms with E-state index in [0.717, 1.165) is 31.7 Å². The molecule has 3 aromatic carbocycles. The zero-order chi connectivity index (χ0) is 21.2. The summed E-state index contributed by atoms with van der Waals surface area (Å²) >= 11 is 0. The third-order valence-corrected chi connectivity index (χ3v) is 6.33. The van der Waals surface area contributed by atoms with Crippen LogP contribution in [-0.4, -0.2) is 50.5 Å². The third-order valence-electron chi connectivity index (χ3n) is 6.33. The number of benzene rings is 3. The minimum atomic E-state index is -0.322. The summed E-state index contributed by atoms with van der Waals surface area (Å²) in [6, 6.07) is 25.4. The molecule has 0 atom stereocenters. The van der Waals surface area contributed by atoms with Gasteiger partial charge in [0.15, 0.2) is 0 Å². The number of hydrogen-bond donors (Lipinski definition) is 1. The standard InChI is InChI=1S/C26H25N3O2/c1-31-26(30)20-12-10-19(11-13-20)18-27-29-16-14-28(15-17-29)25-23-8-4-2-6-21(23)22-7-3-5-9-24(22)25/h2-13,18,25H,14-17H2,1H3/p+1.